The Bertz CT molecular complexity index is 3600. The number of carbonyl (C=O) groups excluding carboxylic acids is 3. The second kappa shape index (κ2) is 25.1. The Morgan fingerprint density at radius 2 is 1.40 bits per heavy atom. The molecule has 0 fully saturated rings. The lowest BCUT2D eigenvalue weighted by molar-refractivity contribution is -0.387. The van der Waals surface area contributed by atoms with Crippen molar-refractivity contribution in [1.82, 2.24) is 20.2 Å². The fourth-order valence-electron chi connectivity index (χ4n) is 8.03. The number of H-pyrrole nitrogens is 1. The third-order valence-corrected chi connectivity index (χ3v) is 12.2. The normalized spacial score (nSPS) is 12.8. The number of hydrogen-bond donors (Lipinski definition) is 9. The predicted octanol–water partition coefficient (Wildman–Crippen LogP) is 9.97. The minimum atomic E-state index is -4.82. The molecular weight excluding hydrogens is 1070 g/mol. The molecule has 20 nitrogen and oxygen atoms in total. The highest BCUT2D eigenvalue weighted by Crippen LogP contribution is 2.38. The van der Waals surface area contributed by atoms with E-state index in [0.29, 0.717) is 41.1 Å². The smallest absolute Gasteiger partial charge is 0.416 e. The number of amides is 3. The van der Waals surface area contributed by atoms with Gasteiger partial charge in [-0.15, -0.1) is 0 Å². The van der Waals surface area contributed by atoms with Crippen LogP contribution < -0.4 is 43.4 Å². The van der Waals surface area contributed by atoms with Crippen LogP contribution in [-0.2, 0) is 52.9 Å². The van der Waals surface area contributed by atoms with Crippen molar-refractivity contribution in [3.63, 3.8) is 0 Å². The van der Waals surface area contributed by atoms with Gasteiger partial charge in [0.25, 0.3) is 5.56 Å². The SMILES string of the molecule is CC(C)C1CNc2cc(-c3cc(N)cc(C(F)(F)F)c3)n(CC(=O)NCc3ccc(C(=N)NC(=O)OCc4ccccc4)cc3)c(=O)c2N1.O=C(Nc1cc(-c2cc(O)c([N+](=O)[O-])c(=O)[nH]2)cc(C(F)(F)F)c1)OCc1ccccc1. The number of nitrogens with zero attached hydrogens (tertiary/aromatic N) is 2. The molecule has 1 unspecified atom stereocenters. The van der Waals surface area contributed by atoms with Crippen LogP contribution in [-0.4, -0.2) is 56.1 Å². The Labute approximate surface area is 455 Å². The number of anilines is 4. The van der Waals surface area contributed by atoms with Gasteiger partial charge in [0, 0.05) is 53.3 Å². The number of nitro groups is 1. The molecule has 1 atom stereocenters. The van der Waals surface area contributed by atoms with Gasteiger partial charge >= 0.3 is 35.8 Å². The largest absolute Gasteiger partial charge is 0.502 e. The van der Waals surface area contributed by atoms with Crippen LogP contribution in [0, 0.1) is 21.4 Å². The highest BCUT2D eigenvalue weighted by atomic mass is 19.4. The number of amidine groups is 1. The van der Waals surface area contributed by atoms with Gasteiger partial charge < -0.3 is 41.2 Å². The molecule has 1 aliphatic heterocycles. The van der Waals surface area contributed by atoms with Crippen molar-refractivity contribution < 1.29 is 60.2 Å². The number of aromatic amines is 1. The number of ether oxygens (including phenoxy) is 2. The van der Waals surface area contributed by atoms with Gasteiger partial charge in [0.1, 0.15) is 31.3 Å². The second-order valence-corrected chi connectivity index (χ2v) is 18.4. The summed E-state index contributed by atoms with van der Waals surface area (Å²) in [6.45, 7) is 3.97. The van der Waals surface area contributed by atoms with Crippen molar-refractivity contribution in [2.45, 2.75) is 58.5 Å². The Balaban J connectivity index is 0.000000256. The molecular formula is C55H50F6N10O10. The van der Waals surface area contributed by atoms with Gasteiger partial charge in [0.2, 0.25) is 11.7 Å². The summed E-state index contributed by atoms with van der Waals surface area (Å²) in [5, 5.41) is 42.5. The third-order valence-electron chi connectivity index (χ3n) is 12.2. The van der Waals surface area contributed by atoms with E-state index in [1.54, 1.807) is 60.7 Å². The maximum atomic E-state index is 13.8. The van der Waals surface area contributed by atoms with Crippen molar-refractivity contribution in [2.75, 3.05) is 28.2 Å². The molecule has 8 rings (SSSR count). The van der Waals surface area contributed by atoms with E-state index in [1.807, 2.05) is 44.2 Å². The van der Waals surface area contributed by atoms with Crippen molar-refractivity contribution in [3.8, 4) is 28.3 Å². The van der Waals surface area contributed by atoms with Gasteiger partial charge in [-0.05, 0) is 65.1 Å². The van der Waals surface area contributed by atoms with Gasteiger partial charge in [-0.3, -0.25) is 45.1 Å². The molecule has 0 saturated carbocycles. The van der Waals surface area contributed by atoms with E-state index in [0.717, 1.165) is 34.4 Å². The van der Waals surface area contributed by atoms with Crippen LogP contribution in [0.25, 0.3) is 22.5 Å². The number of rotatable bonds is 14. The Hall–Kier alpha value is -10.1. The number of nitrogens with one attached hydrogen (secondary N) is 7. The minimum absolute atomic E-state index is 0.0309. The highest BCUT2D eigenvalue weighted by Gasteiger charge is 2.34. The number of aromatic hydroxyl groups is 1. The topological polar surface area (TPSA) is 298 Å². The van der Waals surface area contributed by atoms with E-state index in [9.17, 15) is 65.5 Å². The zero-order valence-electron chi connectivity index (χ0n) is 42.8. The molecule has 5 aromatic carbocycles. The van der Waals surface area contributed by atoms with E-state index in [-0.39, 0.29) is 77.1 Å². The van der Waals surface area contributed by atoms with Gasteiger partial charge in [-0.2, -0.15) is 26.3 Å². The maximum Gasteiger partial charge on any atom is 0.416 e. The number of alkyl carbamates (subject to hydrolysis) is 1. The van der Waals surface area contributed by atoms with Crippen LogP contribution in [0.5, 0.6) is 5.75 Å². The summed E-state index contributed by atoms with van der Waals surface area (Å²) in [7, 11) is 0. The lowest BCUT2D eigenvalue weighted by Crippen LogP contribution is -2.42. The molecule has 81 heavy (non-hydrogen) atoms. The molecule has 0 radical (unpaired) electrons. The monoisotopic (exact) mass is 1120 g/mol. The van der Waals surface area contributed by atoms with E-state index in [4.69, 9.17) is 20.6 Å². The number of alkyl halides is 6. The van der Waals surface area contributed by atoms with Gasteiger partial charge in [0.15, 0.2) is 0 Å². The van der Waals surface area contributed by atoms with Crippen molar-refractivity contribution in [1.29, 1.82) is 5.41 Å². The highest BCUT2D eigenvalue weighted by molar-refractivity contribution is 6.04. The zero-order valence-corrected chi connectivity index (χ0v) is 42.8. The molecule has 2 aromatic heterocycles. The number of nitrogens with two attached hydrogens (primary N) is 1. The van der Waals surface area contributed by atoms with Crippen LogP contribution in [0.15, 0.2) is 143 Å². The first-order valence-corrected chi connectivity index (χ1v) is 24.3. The number of benzene rings is 5. The second-order valence-electron chi connectivity index (χ2n) is 18.4. The molecule has 3 amide bonds. The summed E-state index contributed by atoms with van der Waals surface area (Å²) < 4.78 is 92.3. The molecule has 7 aromatic rings. The van der Waals surface area contributed by atoms with Gasteiger partial charge in [0.05, 0.1) is 33.1 Å². The minimum Gasteiger partial charge on any atom is -0.502 e. The number of pyridine rings is 2. The van der Waals surface area contributed by atoms with Crippen LogP contribution in [0.2, 0.25) is 0 Å². The quantitative estimate of drug-likeness (QED) is 0.0122. The van der Waals surface area contributed by atoms with Crippen molar-refractivity contribution in [2.24, 2.45) is 5.92 Å². The molecule has 10 N–H and O–H groups in total. The number of fused-ring (bicyclic) bond motifs is 1. The number of nitrogen functional groups attached to an aromatic ring is 1. The van der Waals surface area contributed by atoms with E-state index < -0.39 is 75.6 Å². The summed E-state index contributed by atoms with van der Waals surface area (Å²) in [4.78, 5) is 74.8. The van der Waals surface area contributed by atoms with E-state index in [2.05, 4.69) is 31.6 Å². The van der Waals surface area contributed by atoms with Crippen LogP contribution in [0.3, 0.4) is 0 Å². The molecule has 0 aliphatic carbocycles. The number of aromatic nitrogens is 2. The lowest BCUT2D eigenvalue weighted by Gasteiger charge is -2.31. The first-order valence-electron chi connectivity index (χ1n) is 24.3. The molecule has 0 saturated heterocycles. The summed E-state index contributed by atoms with van der Waals surface area (Å²) >= 11 is 0. The molecule has 3 heterocycles. The van der Waals surface area contributed by atoms with E-state index in [1.165, 1.54) is 6.07 Å². The predicted molar refractivity (Wildman–Crippen MR) is 287 cm³/mol. The van der Waals surface area contributed by atoms with Crippen molar-refractivity contribution in [3.05, 3.63) is 198 Å². The van der Waals surface area contributed by atoms with Crippen molar-refractivity contribution >= 4 is 52.4 Å². The molecule has 422 valence electrons. The van der Waals surface area contributed by atoms with Crippen LogP contribution in [0.1, 0.15) is 47.2 Å². The molecule has 1 aliphatic rings. The summed E-state index contributed by atoms with van der Waals surface area (Å²) in [6.07, 6.45) is -11.3. The summed E-state index contributed by atoms with van der Waals surface area (Å²) in [5.41, 5.74) is 2.87. The number of halogens is 6. The maximum absolute atomic E-state index is 13.8. The first-order chi connectivity index (χ1) is 38.3. The Kier molecular flexibility index (Phi) is 18.1. The first kappa shape index (κ1) is 58.5. The van der Waals surface area contributed by atoms with Crippen LogP contribution >= 0.6 is 0 Å². The Morgan fingerprint density at radius 3 is 1.98 bits per heavy atom. The van der Waals surface area contributed by atoms with Crippen LogP contribution in [0.4, 0.5) is 64.4 Å². The molecule has 0 bridgehead atoms. The fraction of sp³-hybridized carbons (Fsp3) is 0.200. The fourth-order valence-corrected chi connectivity index (χ4v) is 8.03. The number of hydrogen-bond acceptors (Lipinski definition) is 14. The van der Waals surface area contributed by atoms with E-state index >= 15 is 0 Å². The number of carbonyl (C=O) groups is 3. The lowest BCUT2D eigenvalue weighted by atomic mass is 10.00. The molecule has 0 spiro atoms. The average molecular weight is 1130 g/mol. The third kappa shape index (κ3) is 15.5. The zero-order chi connectivity index (χ0) is 58.8. The summed E-state index contributed by atoms with van der Waals surface area (Å²) in [6, 6.07) is 31.8. The summed E-state index contributed by atoms with van der Waals surface area (Å²) in [5.74, 6) is -1.60. The average Bonchev–Trinajstić information content (AvgIpc) is 3.45. The van der Waals surface area contributed by atoms with Gasteiger partial charge in [-0.25, -0.2) is 9.59 Å². The van der Waals surface area contributed by atoms with Gasteiger partial charge in [-0.1, -0.05) is 98.8 Å². The standard InChI is InChI=1S/C35H36F3N7O4.C20H14F3N3O6/c1-20(2)28-17-41-27-15-29(24-12-25(35(36,37)38)14-26(39)13-24)45(33(47)31(27)43-28)18-30(46)42-16-21-8-10-23(11-9-21)32(40)44-34(48)49-19-22-6-4-3-5-7-22;21-20(22,23)13-6-12(15-9-16(27)17(26(30)31)18(28)25-15)7-14(8-13)24-19(29)32-10-11-4-2-1-3-5-11/h3-15,20,28,41,43H,16-19,39H2,1-2H3,(H,42,46)(H2,40,44,48);1-9H,10H2,(H,24,29)(H2,25,27,28). The Morgan fingerprint density at radius 1 is 0.802 bits per heavy atom. The molecule has 26 heteroatoms.